The largest absolute Gasteiger partial charge is 0.481 e. The van der Waals surface area contributed by atoms with E-state index in [1.165, 1.54) is 16.2 Å². The van der Waals surface area contributed by atoms with Gasteiger partial charge in [-0.25, -0.2) is 4.79 Å². The fourth-order valence-corrected chi connectivity index (χ4v) is 3.41. The lowest BCUT2D eigenvalue weighted by molar-refractivity contribution is -0.146. The molecule has 1 saturated heterocycles. The van der Waals surface area contributed by atoms with Crippen molar-refractivity contribution in [2.24, 2.45) is 5.41 Å². The number of thiophene rings is 1. The van der Waals surface area contributed by atoms with Crippen molar-refractivity contribution in [2.75, 3.05) is 23.7 Å². The average Bonchev–Trinajstić information content (AvgIpc) is 3.25. The number of aliphatic carboxylic acids is 1. The number of hydrogen-bond acceptors (Lipinski definition) is 4. The summed E-state index contributed by atoms with van der Waals surface area (Å²) in [6.45, 7) is 2.20. The standard InChI is InChI=1S/C18H19N3O4S/c1-18(16(23)24)7-8-21(11-18)17(25)20-13-5-2-4-12(10-13)19-15(22)14-6-3-9-26-14/h2-6,9-10H,7-8,11H2,1H3,(H,19,22)(H,20,25)(H,23,24). The summed E-state index contributed by atoms with van der Waals surface area (Å²) in [4.78, 5) is 37.9. The highest BCUT2D eigenvalue weighted by atomic mass is 32.1. The van der Waals surface area contributed by atoms with Gasteiger partial charge in [-0.15, -0.1) is 11.3 Å². The summed E-state index contributed by atoms with van der Waals surface area (Å²) in [5.41, 5.74) is 0.189. The number of carbonyl (C=O) groups is 3. The SMILES string of the molecule is CC1(C(=O)O)CCN(C(=O)Nc2cccc(NC(=O)c3cccs3)c2)C1. The van der Waals surface area contributed by atoms with Crippen LogP contribution in [0.4, 0.5) is 16.2 Å². The number of amides is 3. The Hall–Kier alpha value is -2.87. The zero-order chi connectivity index (χ0) is 18.7. The van der Waals surface area contributed by atoms with E-state index in [1.807, 2.05) is 5.38 Å². The Morgan fingerprint density at radius 3 is 2.50 bits per heavy atom. The minimum absolute atomic E-state index is 0.170. The van der Waals surface area contributed by atoms with E-state index in [1.54, 1.807) is 43.3 Å². The van der Waals surface area contributed by atoms with Crippen LogP contribution in [0.3, 0.4) is 0 Å². The Balaban J connectivity index is 1.63. The molecule has 1 aliphatic rings. The van der Waals surface area contributed by atoms with Gasteiger partial charge in [0.15, 0.2) is 0 Å². The van der Waals surface area contributed by atoms with Crippen LogP contribution in [0.15, 0.2) is 41.8 Å². The van der Waals surface area contributed by atoms with E-state index in [0.717, 1.165) is 0 Å². The number of hydrogen-bond donors (Lipinski definition) is 3. The van der Waals surface area contributed by atoms with Crippen molar-refractivity contribution in [1.82, 2.24) is 4.90 Å². The van der Waals surface area contributed by atoms with Gasteiger partial charge in [0.1, 0.15) is 0 Å². The van der Waals surface area contributed by atoms with E-state index in [9.17, 15) is 19.5 Å². The third-order valence-electron chi connectivity index (χ3n) is 4.39. The quantitative estimate of drug-likeness (QED) is 0.765. The molecule has 1 aromatic heterocycles. The van der Waals surface area contributed by atoms with Crippen molar-refractivity contribution in [3.63, 3.8) is 0 Å². The molecule has 2 heterocycles. The second-order valence-corrected chi connectivity index (χ2v) is 7.43. The molecule has 0 saturated carbocycles. The van der Waals surface area contributed by atoms with Crippen molar-refractivity contribution in [1.29, 1.82) is 0 Å². The Bertz CT molecular complexity index is 837. The summed E-state index contributed by atoms with van der Waals surface area (Å²) in [6.07, 6.45) is 0.423. The maximum atomic E-state index is 12.4. The molecule has 26 heavy (non-hydrogen) atoms. The first-order valence-electron chi connectivity index (χ1n) is 8.12. The number of carboxylic acids is 1. The lowest BCUT2D eigenvalue weighted by Crippen LogP contribution is -2.37. The highest BCUT2D eigenvalue weighted by molar-refractivity contribution is 7.12. The van der Waals surface area contributed by atoms with E-state index in [-0.39, 0.29) is 18.5 Å². The van der Waals surface area contributed by atoms with Crippen LogP contribution >= 0.6 is 11.3 Å². The van der Waals surface area contributed by atoms with Crippen LogP contribution in [-0.4, -0.2) is 41.0 Å². The van der Waals surface area contributed by atoms with Crippen LogP contribution in [0.5, 0.6) is 0 Å². The second-order valence-electron chi connectivity index (χ2n) is 6.48. The lowest BCUT2D eigenvalue weighted by Gasteiger charge is -2.20. The van der Waals surface area contributed by atoms with Gasteiger partial charge in [0.2, 0.25) is 0 Å². The minimum atomic E-state index is -0.909. The van der Waals surface area contributed by atoms with Gasteiger partial charge in [-0.1, -0.05) is 12.1 Å². The van der Waals surface area contributed by atoms with Gasteiger partial charge in [-0.05, 0) is 43.0 Å². The summed E-state index contributed by atoms with van der Waals surface area (Å²) >= 11 is 1.35. The molecule has 1 atom stereocenters. The first-order chi connectivity index (χ1) is 12.4. The number of rotatable bonds is 4. The molecule has 1 aliphatic heterocycles. The molecule has 0 spiro atoms. The predicted molar refractivity (Wildman–Crippen MR) is 99.7 cm³/mol. The third-order valence-corrected chi connectivity index (χ3v) is 5.26. The van der Waals surface area contributed by atoms with Crippen molar-refractivity contribution in [3.05, 3.63) is 46.7 Å². The third kappa shape index (κ3) is 3.85. The van der Waals surface area contributed by atoms with Crippen molar-refractivity contribution in [2.45, 2.75) is 13.3 Å². The normalized spacial score (nSPS) is 19.2. The number of likely N-dealkylation sites (tertiary alicyclic amines) is 1. The molecule has 1 unspecified atom stereocenters. The number of urea groups is 1. The first kappa shape index (κ1) is 17.9. The zero-order valence-corrected chi connectivity index (χ0v) is 15.0. The van der Waals surface area contributed by atoms with Gasteiger partial charge >= 0.3 is 12.0 Å². The van der Waals surface area contributed by atoms with Gasteiger partial charge in [0.25, 0.3) is 5.91 Å². The number of anilines is 2. The molecule has 3 N–H and O–H groups in total. The first-order valence-corrected chi connectivity index (χ1v) is 9.00. The molecule has 0 aliphatic carbocycles. The molecule has 3 rings (SSSR count). The molecule has 3 amide bonds. The summed E-state index contributed by atoms with van der Waals surface area (Å²) < 4.78 is 0. The summed E-state index contributed by atoms with van der Waals surface area (Å²) in [5.74, 6) is -1.11. The van der Waals surface area contributed by atoms with Crippen LogP contribution in [0.25, 0.3) is 0 Å². The van der Waals surface area contributed by atoms with Gasteiger partial charge in [0.05, 0.1) is 10.3 Å². The summed E-state index contributed by atoms with van der Waals surface area (Å²) in [6, 6.07) is 10.0. The van der Waals surface area contributed by atoms with Gasteiger partial charge in [-0.2, -0.15) is 0 Å². The van der Waals surface area contributed by atoms with E-state index >= 15 is 0 Å². The molecule has 7 nitrogen and oxygen atoms in total. The molecule has 1 aromatic carbocycles. The minimum Gasteiger partial charge on any atom is -0.481 e. The number of carboxylic acid groups (broad SMARTS) is 1. The van der Waals surface area contributed by atoms with E-state index in [0.29, 0.717) is 29.2 Å². The molecule has 0 bridgehead atoms. The Kier molecular flexibility index (Phi) is 4.94. The van der Waals surface area contributed by atoms with Gasteiger partial charge < -0.3 is 20.6 Å². The van der Waals surface area contributed by atoms with Crippen molar-refractivity contribution >= 4 is 40.6 Å². The van der Waals surface area contributed by atoms with Crippen LogP contribution in [0.2, 0.25) is 0 Å². The molecule has 136 valence electrons. The van der Waals surface area contributed by atoms with E-state index < -0.39 is 11.4 Å². The number of carbonyl (C=O) groups excluding carboxylic acids is 2. The molecular weight excluding hydrogens is 354 g/mol. The topological polar surface area (TPSA) is 98.7 Å². The van der Waals surface area contributed by atoms with Gasteiger partial charge in [0, 0.05) is 24.5 Å². The fraction of sp³-hybridized carbons (Fsp3) is 0.278. The van der Waals surface area contributed by atoms with E-state index in [4.69, 9.17) is 0 Å². The number of benzene rings is 1. The Morgan fingerprint density at radius 2 is 1.88 bits per heavy atom. The molecule has 0 radical (unpaired) electrons. The maximum Gasteiger partial charge on any atom is 0.321 e. The van der Waals surface area contributed by atoms with Crippen LogP contribution < -0.4 is 10.6 Å². The lowest BCUT2D eigenvalue weighted by atomic mass is 9.90. The Labute approximate surface area is 154 Å². The monoisotopic (exact) mass is 373 g/mol. The van der Waals surface area contributed by atoms with Crippen LogP contribution in [0.1, 0.15) is 23.0 Å². The second kappa shape index (κ2) is 7.17. The van der Waals surface area contributed by atoms with Crippen molar-refractivity contribution in [3.8, 4) is 0 Å². The summed E-state index contributed by atoms with van der Waals surface area (Å²) in [7, 11) is 0. The highest BCUT2D eigenvalue weighted by Gasteiger charge is 2.42. The average molecular weight is 373 g/mol. The zero-order valence-electron chi connectivity index (χ0n) is 14.2. The summed E-state index contributed by atoms with van der Waals surface area (Å²) in [5, 5.41) is 16.6. The van der Waals surface area contributed by atoms with Crippen molar-refractivity contribution < 1.29 is 19.5 Å². The number of nitrogens with zero attached hydrogens (tertiary/aromatic N) is 1. The highest BCUT2D eigenvalue weighted by Crippen LogP contribution is 2.30. The molecule has 2 aromatic rings. The smallest absolute Gasteiger partial charge is 0.321 e. The van der Waals surface area contributed by atoms with E-state index in [2.05, 4.69) is 10.6 Å². The fourth-order valence-electron chi connectivity index (χ4n) is 2.79. The van der Waals surface area contributed by atoms with Crippen LogP contribution in [-0.2, 0) is 4.79 Å². The van der Waals surface area contributed by atoms with Crippen LogP contribution in [0, 0.1) is 5.41 Å². The maximum absolute atomic E-state index is 12.4. The van der Waals surface area contributed by atoms with Gasteiger partial charge in [-0.3, -0.25) is 9.59 Å². The predicted octanol–water partition coefficient (Wildman–Crippen LogP) is 3.33. The molecule has 8 heteroatoms. The molecular formula is C18H19N3O4S. The number of nitrogens with one attached hydrogen (secondary N) is 2. The molecule has 1 fully saturated rings. The Morgan fingerprint density at radius 1 is 1.15 bits per heavy atom.